The number of aromatic nitrogens is 2. The van der Waals surface area contributed by atoms with Gasteiger partial charge in [0.15, 0.2) is 0 Å². The number of carbonyl (C=O) groups excluding carboxylic acids is 2. The zero-order valence-corrected chi connectivity index (χ0v) is 17.6. The molecule has 2 saturated heterocycles. The molecule has 2 aromatic rings. The molecule has 158 valence electrons. The van der Waals surface area contributed by atoms with E-state index < -0.39 is 5.41 Å². The summed E-state index contributed by atoms with van der Waals surface area (Å²) in [4.78, 5) is 29.7. The van der Waals surface area contributed by atoms with E-state index in [2.05, 4.69) is 35.0 Å². The van der Waals surface area contributed by atoms with Crippen LogP contribution in [0.4, 0.5) is 0 Å². The highest BCUT2D eigenvalue weighted by Gasteiger charge is 2.46. The summed E-state index contributed by atoms with van der Waals surface area (Å²) >= 11 is 0. The Labute approximate surface area is 178 Å². The van der Waals surface area contributed by atoms with Gasteiger partial charge in [-0.2, -0.15) is 5.10 Å². The van der Waals surface area contributed by atoms with Crippen LogP contribution < -0.4 is 0 Å². The van der Waals surface area contributed by atoms with Gasteiger partial charge in [-0.3, -0.25) is 14.7 Å². The molecule has 2 aliphatic heterocycles. The van der Waals surface area contributed by atoms with Crippen molar-refractivity contribution in [2.45, 2.75) is 43.9 Å². The van der Waals surface area contributed by atoms with E-state index in [1.54, 1.807) is 4.90 Å². The summed E-state index contributed by atoms with van der Waals surface area (Å²) in [7, 11) is 0. The molecule has 6 heteroatoms. The van der Waals surface area contributed by atoms with Gasteiger partial charge >= 0.3 is 0 Å². The number of hydrogen-bond donors (Lipinski definition) is 1. The molecule has 6 nitrogen and oxygen atoms in total. The number of amides is 2. The van der Waals surface area contributed by atoms with Crippen LogP contribution in [0.1, 0.15) is 48.6 Å². The Kier molecular flexibility index (Phi) is 5.75. The van der Waals surface area contributed by atoms with Crippen molar-refractivity contribution in [2.75, 3.05) is 26.2 Å². The lowest BCUT2D eigenvalue weighted by atomic mass is 9.71. The third kappa shape index (κ3) is 3.78. The molecular weight excluding hydrogens is 376 g/mol. The summed E-state index contributed by atoms with van der Waals surface area (Å²) in [6, 6.07) is 12.2. The number of aryl methyl sites for hydroxylation is 1. The molecule has 0 saturated carbocycles. The van der Waals surface area contributed by atoms with Crippen LogP contribution in [-0.2, 0) is 15.0 Å². The number of hydrogen-bond acceptors (Lipinski definition) is 3. The van der Waals surface area contributed by atoms with Gasteiger partial charge in [0.2, 0.25) is 11.8 Å². The molecule has 2 aliphatic rings. The molecule has 2 fully saturated rings. The maximum absolute atomic E-state index is 13.8. The zero-order valence-electron chi connectivity index (χ0n) is 17.6. The van der Waals surface area contributed by atoms with E-state index in [9.17, 15) is 9.59 Å². The maximum atomic E-state index is 13.8. The second-order valence-corrected chi connectivity index (χ2v) is 8.52. The first kappa shape index (κ1) is 20.4. The summed E-state index contributed by atoms with van der Waals surface area (Å²) in [6.45, 7) is 8.27. The van der Waals surface area contributed by atoms with Gasteiger partial charge in [0.1, 0.15) is 0 Å². The fourth-order valence-electron chi connectivity index (χ4n) is 4.95. The van der Waals surface area contributed by atoms with Gasteiger partial charge in [-0.25, -0.2) is 0 Å². The van der Waals surface area contributed by atoms with E-state index in [-0.39, 0.29) is 11.8 Å². The number of rotatable bonds is 4. The fourth-order valence-corrected chi connectivity index (χ4v) is 4.95. The van der Waals surface area contributed by atoms with Crippen LogP contribution in [0, 0.1) is 6.92 Å². The molecule has 1 N–H and O–H groups in total. The molecule has 4 rings (SSSR count). The highest BCUT2D eigenvalue weighted by atomic mass is 16.2. The van der Waals surface area contributed by atoms with Gasteiger partial charge in [-0.05, 0) is 50.3 Å². The van der Waals surface area contributed by atoms with Crippen molar-refractivity contribution in [1.29, 1.82) is 0 Å². The Hall–Kier alpha value is -2.89. The lowest BCUT2D eigenvalue weighted by molar-refractivity contribution is -0.142. The lowest BCUT2D eigenvalue weighted by Crippen LogP contribution is -2.55. The number of piperidine rings is 2. The summed E-state index contributed by atoms with van der Waals surface area (Å²) in [5.74, 6) is 0.550. The largest absolute Gasteiger partial charge is 0.342 e. The molecule has 0 atom stereocenters. The standard InChI is InChI=1S/C24H30N4O2/c1-3-22(29)27-15-11-24(12-16-27,20-7-5-4-6-8-20)23(30)28-13-9-19(10-14-28)21-17-18(2)25-26-21/h3-8,17,19H,1,9-16H2,2H3,(H,25,26). The molecular formula is C24H30N4O2. The number of nitrogens with one attached hydrogen (secondary N) is 1. The lowest BCUT2D eigenvalue weighted by Gasteiger charge is -2.44. The van der Waals surface area contributed by atoms with Crippen molar-refractivity contribution in [2.24, 2.45) is 0 Å². The Bertz CT molecular complexity index is 904. The van der Waals surface area contributed by atoms with E-state index in [1.165, 1.54) is 6.08 Å². The molecule has 1 aromatic heterocycles. The average molecular weight is 407 g/mol. The van der Waals surface area contributed by atoms with E-state index in [0.717, 1.165) is 42.9 Å². The topological polar surface area (TPSA) is 69.3 Å². The first-order valence-electron chi connectivity index (χ1n) is 10.8. The second kappa shape index (κ2) is 8.46. The Morgan fingerprint density at radius 1 is 1.10 bits per heavy atom. The number of aromatic amines is 1. The molecule has 0 radical (unpaired) electrons. The van der Waals surface area contributed by atoms with Gasteiger partial charge in [-0.15, -0.1) is 0 Å². The van der Waals surface area contributed by atoms with Crippen LogP contribution in [0.25, 0.3) is 0 Å². The minimum absolute atomic E-state index is 0.0563. The monoisotopic (exact) mass is 406 g/mol. The molecule has 3 heterocycles. The average Bonchev–Trinajstić information content (AvgIpc) is 3.25. The highest BCUT2D eigenvalue weighted by molar-refractivity contribution is 5.90. The van der Waals surface area contributed by atoms with E-state index in [0.29, 0.717) is 31.8 Å². The van der Waals surface area contributed by atoms with Crippen molar-refractivity contribution in [3.8, 4) is 0 Å². The quantitative estimate of drug-likeness (QED) is 0.793. The summed E-state index contributed by atoms with van der Waals surface area (Å²) in [6.07, 6.45) is 4.52. The molecule has 2 amide bonds. The van der Waals surface area contributed by atoms with Crippen LogP contribution >= 0.6 is 0 Å². The Morgan fingerprint density at radius 3 is 2.33 bits per heavy atom. The SMILES string of the molecule is C=CC(=O)N1CCC(C(=O)N2CCC(c3cc(C)[nH]n3)CC2)(c2ccccc2)CC1. The number of benzene rings is 1. The smallest absolute Gasteiger partial charge is 0.245 e. The molecule has 0 unspecified atom stereocenters. The first-order valence-corrected chi connectivity index (χ1v) is 10.8. The van der Waals surface area contributed by atoms with Gasteiger partial charge in [0.25, 0.3) is 0 Å². The summed E-state index contributed by atoms with van der Waals surface area (Å²) in [5, 5.41) is 7.45. The van der Waals surface area contributed by atoms with E-state index in [4.69, 9.17) is 0 Å². The van der Waals surface area contributed by atoms with Gasteiger partial charge in [0, 0.05) is 37.8 Å². The molecule has 0 spiro atoms. The summed E-state index contributed by atoms with van der Waals surface area (Å²) < 4.78 is 0. The van der Waals surface area contributed by atoms with Crippen molar-refractivity contribution in [1.82, 2.24) is 20.0 Å². The predicted octanol–water partition coefficient (Wildman–Crippen LogP) is 3.17. The van der Waals surface area contributed by atoms with Gasteiger partial charge < -0.3 is 9.80 Å². The van der Waals surface area contributed by atoms with E-state index in [1.807, 2.05) is 30.0 Å². The summed E-state index contributed by atoms with van der Waals surface area (Å²) in [5.41, 5.74) is 2.68. The maximum Gasteiger partial charge on any atom is 0.245 e. The van der Waals surface area contributed by atoms with Crippen molar-refractivity contribution in [3.05, 3.63) is 66.0 Å². The van der Waals surface area contributed by atoms with Crippen molar-refractivity contribution < 1.29 is 9.59 Å². The van der Waals surface area contributed by atoms with Crippen molar-refractivity contribution in [3.63, 3.8) is 0 Å². The Morgan fingerprint density at radius 2 is 1.77 bits per heavy atom. The first-order chi connectivity index (χ1) is 14.5. The normalized spacial score (nSPS) is 19.5. The van der Waals surface area contributed by atoms with Crippen LogP contribution in [0.15, 0.2) is 49.1 Å². The molecule has 0 aliphatic carbocycles. The van der Waals surface area contributed by atoms with Crippen LogP contribution in [-0.4, -0.2) is 58.0 Å². The third-order valence-electron chi connectivity index (χ3n) is 6.77. The number of likely N-dealkylation sites (tertiary alicyclic amines) is 2. The van der Waals surface area contributed by atoms with Gasteiger partial charge in [0.05, 0.1) is 11.1 Å². The zero-order chi connectivity index (χ0) is 21.1. The van der Waals surface area contributed by atoms with Crippen molar-refractivity contribution >= 4 is 11.8 Å². The fraction of sp³-hybridized carbons (Fsp3) is 0.458. The van der Waals surface area contributed by atoms with E-state index >= 15 is 0 Å². The number of H-pyrrole nitrogens is 1. The Balaban J connectivity index is 1.51. The third-order valence-corrected chi connectivity index (χ3v) is 6.77. The number of nitrogens with zero attached hydrogens (tertiary/aromatic N) is 3. The number of carbonyl (C=O) groups is 2. The van der Waals surface area contributed by atoms with Crippen LogP contribution in [0.2, 0.25) is 0 Å². The highest BCUT2D eigenvalue weighted by Crippen LogP contribution is 2.39. The second-order valence-electron chi connectivity index (χ2n) is 8.52. The molecule has 30 heavy (non-hydrogen) atoms. The van der Waals surface area contributed by atoms with Gasteiger partial charge in [-0.1, -0.05) is 36.9 Å². The minimum Gasteiger partial charge on any atom is -0.342 e. The van der Waals surface area contributed by atoms with Crippen LogP contribution in [0.5, 0.6) is 0 Å². The van der Waals surface area contributed by atoms with Crippen LogP contribution in [0.3, 0.4) is 0 Å². The minimum atomic E-state index is -0.561. The molecule has 1 aromatic carbocycles. The predicted molar refractivity (Wildman–Crippen MR) is 116 cm³/mol. The molecule has 0 bridgehead atoms.